The molecule has 7 heteroatoms. The SMILES string of the molecule is O=C1NC(=O)C(=Cc2ccc(Cc3ccccc3Cl)c(Cl)c2)C(=O)N1. The van der Waals surface area contributed by atoms with Crippen LogP contribution in [0.25, 0.3) is 6.08 Å². The number of rotatable bonds is 3. The van der Waals surface area contributed by atoms with E-state index in [-0.39, 0.29) is 5.57 Å². The first-order chi connectivity index (χ1) is 11.9. The third-order valence-corrected chi connectivity index (χ3v) is 4.39. The van der Waals surface area contributed by atoms with Gasteiger partial charge in [0.15, 0.2) is 0 Å². The normalized spacial score (nSPS) is 14.2. The van der Waals surface area contributed by atoms with E-state index >= 15 is 0 Å². The molecule has 0 spiro atoms. The average Bonchev–Trinajstić information content (AvgIpc) is 2.55. The van der Waals surface area contributed by atoms with Gasteiger partial charge >= 0.3 is 6.03 Å². The molecule has 4 amide bonds. The number of benzene rings is 2. The summed E-state index contributed by atoms with van der Waals surface area (Å²) in [4.78, 5) is 34.5. The molecule has 0 radical (unpaired) electrons. The third kappa shape index (κ3) is 3.90. The van der Waals surface area contributed by atoms with E-state index in [4.69, 9.17) is 23.2 Å². The van der Waals surface area contributed by atoms with Gasteiger partial charge in [-0.1, -0.05) is 53.5 Å². The number of urea groups is 1. The Hall–Kier alpha value is -2.63. The molecule has 1 heterocycles. The lowest BCUT2D eigenvalue weighted by atomic mass is 10.0. The van der Waals surface area contributed by atoms with Gasteiger partial charge in [-0.15, -0.1) is 0 Å². The lowest BCUT2D eigenvalue weighted by Gasteiger charge is -2.14. The highest BCUT2D eigenvalue weighted by molar-refractivity contribution is 6.33. The fourth-order valence-corrected chi connectivity index (χ4v) is 2.88. The summed E-state index contributed by atoms with van der Waals surface area (Å²) in [5, 5.41) is 5.18. The maximum Gasteiger partial charge on any atom is 0.328 e. The highest BCUT2D eigenvalue weighted by Gasteiger charge is 2.27. The molecular formula is C18H12Cl2N2O3. The van der Waals surface area contributed by atoms with E-state index in [9.17, 15) is 14.4 Å². The lowest BCUT2D eigenvalue weighted by Crippen LogP contribution is -2.51. The second kappa shape index (κ2) is 7.09. The Kier molecular flexibility index (Phi) is 4.88. The number of amides is 4. The average molecular weight is 375 g/mol. The number of nitrogens with one attached hydrogen (secondary N) is 2. The van der Waals surface area contributed by atoms with Crippen LogP contribution >= 0.6 is 23.2 Å². The van der Waals surface area contributed by atoms with Crippen LogP contribution in [0.1, 0.15) is 16.7 Å². The smallest absolute Gasteiger partial charge is 0.273 e. The second-order valence-corrected chi connectivity index (χ2v) is 6.23. The Morgan fingerprint density at radius 3 is 2.12 bits per heavy atom. The van der Waals surface area contributed by atoms with Crippen LogP contribution in [0.2, 0.25) is 10.0 Å². The molecule has 0 unspecified atom stereocenters. The van der Waals surface area contributed by atoms with E-state index in [1.165, 1.54) is 6.08 Å². The Labute approximate surface area is 153 Å². The monoisotopic (exact) mass is 374 g/mol. The van der Waals surface area contributed by atoms with E-state index in [0.29, 0.717) is 22.0 Å². The number of carbonyl (C=O) groups is 3. The van der Waals surface area contributed by atoms with Crippen molar-refractivity contribution in [3.05, 3.63) is 74.8 Å². The van der Waals surface area contributed by atoms with Crippen LogP contribution in [0.4, 0.5) is 4.79 Å². The van der Waals surface area contributed by atoms with Crippen LogP contribution < -0.4 is 10.6 Å². The molecular weight excluding hydrogens is 363 g/mol. The van der Waals surface area contributed by atoms with Gasteiger partial charge in [-0.2, -0.15) is 0 Å². The van der Waals surface area contributed by atoms with Gasteiger partial charge < -0.3 is 0 Å². The van der Waals surface area contributed by atoms with Crippen molar-refractivity contribution in [3.8, 4) is 0 Å². The topological polar surface area (TPSA) is 75.3 Å². The first-order valence-corrected chi connectivity index (χ1v) is 8.10. The van der Waals surface area contributed by atoms with Crippen molar-refractivity contribution < 1.29 is 14.4 Å². The summed E-state index contributed by atoms with van der Waals surface area (Å²) < 4.78 is 0. The van der Waals surface area contributed by atoms with Crippen molar-refractivity contribution in [1.29, 1.82) is 0 Å². The van der Waals surface area contributed by atoms with Crippen LogP contribution in [-0.2, 0) is 16.0 Å². The van der Waals surface area contributed by atoms with E-state index in [1.54, 1.807) is 12.1 Å². The molecule has 126 valence electrons. The summed E-state index contributed by atoms with van der Waals surface area (Å²) >= 11 is 12.5. The van der Waals surface area contributed by atoms with Crippen molar-refractivity contribution in [3.63, 3.8) is 0 Å². The molecule has 1 saturated heterocycles. The van der Waals surface area contributed by atoms with Crippen LogP contribution in [0.3, 0.4) is 0 Å². The highest BCUT2D eigenvalue weighted by atomic mass is 35.5. The second-order valence-electron chi connectivity index (χ2n) is 5.41. The van der Waals surface area contributed by atoms with E-state index in [2.05, 4.69) is 0 Å². The number of hydrogen-bond donors (Lipinski definition) is 2. The zero-order valence-corrected chi connectivity index (χ0v) is 14.3. The summed E-state index contributed by atoms with van der Waals surface area (Å²) in [5.74, 6) is -1.49. The fraction of sp³-hybridized carbons (Fsp3) is 0.0556. The van der Waals surface area contributed by atoms with E-state index in [1.807, 2.05) is 41.0 Å². The van der Waals surface area contributed by atoms with Crippen molar-refractivity contribution in [2.75, 3.05) is 0 Å². The fourth-order valence-electron chi connectivity index (χ4n) is 2.42. The number of hydrogen-bond acceptors (Lipinski definition) is 3. The minimum Gasteiger partial charge on any atom is -0.273 e. The van der Waals surface area contributed by atoms with Crippen LogP contribution in [-0.4, -0.2) is 17.8 Å². The molecule has 2 N–H and O–H groups in total. The van der Waals surface area contributed by atoms with E-state index < -0.39 is 17.8 Å². The Morgan fingerprint density at radius 2 is 1.48 bits per heavy atom. The van der Waals surface area contributed by atoms with Crippen LogP contribution in [0, 0.1) is 0 Å². The quantitative estimate of drug-likeness (QED) is 0.638. The van der Waals surface area contributed by atoms with Crippen molar-refractivity contribution >= 4 is 47.1 Å². The van der Waals surface area contributed by atoms with Gasteiger partial charge in [-0.25, -0.2) is 4.79 Å². The number of halogens is 2. The predicted octanol–water partition coefficient (Wildman–Crippen LogP) is 3.33. The minimum atomic E-state index is -0.833. The number of barbiturate groups is 1. The third-order valence-electron chi connectivity index (χ3n) is 3.67. The summed E-state index contributed by atoms with van der Waals surface area (Å²) in [7, 11) is 0. The molecule has 0 aliphatic carbocycles. The van der Waals surface area contributed by atoms with Crippen molar-refractivity contribution in [1.82, 2.24) is 10.6 Å². The van der Waals surface area contributed by atoms with Gasteiger partial charge in [0.25, 0.3) is 11.8 Å². The van der Waals surface area contributed by atoms with E-state index in [0.717, 1.165) is 11.1 Å². The van der Waals surface area contributed by atoms with Crippen LogP contribution in [0.15, 0.2) is 48.0 Å². The lowest BCUT2D eigenvalue weighted by molar-refractivity contribution is -0.123. The number of imide groups is 2. The van der Waals surface area contributed by atoms with Gasteiger partial charge in [0, 0.05) is 16.5 Å². The van der Waals surface area contributed by atoms with Crippen molar-refractivity contribution in [2.24, 2.45) is 0 Å². The highest BCUT2D eigenvalue weighted by Crippen LogP contribution is 2.25. The molecule has 25 heavy (non-hydrogen) atoms. The Morgan fingerprint density at radius 1 is 0.840 bits per heavy atom. The Bertz CT molecular complexity index is 900. The molecule has 1 aliphatic heterocycles. The molecule has 0 atom stereocenters. The largest absolute Gasteiger partial charge is 0.328 e. The standard InChI is InChI=1S/C18H12Cl2N2O3/c19-14-4-2-1-3-11(14)9-12-6-5-10(8-15(12)20)7-13-16(23)21-18(25)22-17(13)24/h1-8H,9H2,(H2,21,22,23,24,25). The first kappa shape index (κ1) is 17.2. The maximum absolute atomic E-state index is 11.7. The molecule has 1 aliphatic rings. The number of carbonyl (C=O) groups excluding carboxylic acids is 3. The molecule has 2 aromatic carbocycles. The van der Waals surface area contributed by atoms with Gasteiger partial charge in [0.1, 0.15) is 5.57 Å². The molecule has 0 saturated carbocycles. The minimum absolute atomic E-state index is 0.158. The molecule has 3 rings (SSSR count). The summed E-state index contributed by atoms with van der Waals surface area (Å²) in [6.45, 7) is 0. The molecule has 1 fully saturated rings. The van der Waals surface area contributed by atoms with Gasteiger partial charge in [-0.05, 0) is 34.9 Å². The zero-order chi connectivity index (χ0) is 18.0. The molecule has 0 aromatic heterocycles. The predicted molar refractivity (Wildman–Crippen MR) is 95.4 cm³/mol. The molecule has 5 nitrogen and oxygen atoms in total. The maximum atomic E-state index is 11.7. The summed E-state index contributed by atoms with van der Waals surface area (Å²) in [6.07, 6.45) is 1.94. The van der Waals surface area contributed by atoms with Crippen LogP contribution in [0.5, 0.6) is 0 Å². The van der Waals surface area contributed by atoms with Gasteiger partial charge in [0.2, 0.25) is 0 Å². The first-order valence-electron chi connectivity index (χ1n) is 7.34. The summed E-state index contributed by atoms with van der Waals surface area (Å²) in [6, 6.07) is 11.8. The van der Waals surface area contributed by atoms with Gasteiger partial charge in [-0.3, -0.25) is 20.2 Å². The van der Waals surface area contributed by atoms with Gasteiger partial charge in [0.05, 0.1) is 0 Å². The molecule has 2 aromatic rings. The molecule has 0 bridgehead atoms. The zero-order valence-electron chi connectivity index (χ0n) is 12.8. The van der Waals surface area contributed by atoms with Crippen molar-refractivity contribution in [2.45, 2.75) is 6.42 Å². The Balaban J connectivity index is 1.86. The summed E-state index contributed by atoms with van der Waals surface area (Å²) in [5.41, 5.74) is 2.23.